The molecule has 0 atom stereocenters. The second kappa shape index (κ2) is 9.46. The molecule has 33 heavy (non-hydrogen) atoms. The number of carbonyl (C=O) groups is 1. The number of ether oxygens (including phenoxy) is 1. The highest BCUT2D eigenvalue weighted by atomic mass is 79.9. The van der Waals surface area contributed by atoms with Crippen molar-refractivity contribution in [1.29, 1.82) is 0 Å². The van der Waals surface area contributed by atoms with Gasteiger partial charge in [0.25, 0.3) is 5.56 Å². The minimum absolute atomic E-state index is 0.0736. The molecule has 164 valence electrons. The van der Waals surface area contributed by atoms with Gasteiger partial charge in [0, 0.05) is 22.5 Å². The van der Waals surface area contributed by atoms with Gasteiger partial charge >= 0.3 is 5.97 Å². The van der Waals surface area contributed by atoms with Gasteiger partial charge in [0.2, 0.25) is 0 Å². The number of hydrogen-bond donors (Lipinski definition) is 0. The van der Waals surface area contributed by atoms with Crippen molar-refractivity contribution in [3.63, 3.8) is 0 Å². The molecule has 0 fully saturated rings. The van der Waals surface area contributed by atoms with E-state index < -0.39 is 5.97 Å². The number of rotatable bonds is 6. The number of hydrogen-bond acceptors (Lipinski definition) is 7. The second-order valence-electron chi connectivity index (χ2n) is 7.17. The van der Waals surface area contributed by atoms with E-state index in [2.05, 4.69) is 32.0 Å². The topological polar surface area (TPSA) is 73.6 Å². The van der Waals surface area contributed by atoms with Crippen LogP contribution in [0.3, 0.4) is 0 Å². The highest BCUT2D eigenvalue weighted by molar-refractivity contribution is 9.10. The average Bonchev–Trinajstić information content (AvgIpc) is 3.25. The molecule has 9 heteroatoms. The number of para-hydroxylation sites is 1. The fourth-order valence-electron chi connectivity index (χ4n) is 3.22. The van der Waals surface area contributed by atoms with Gasteiger partial charge in [-0.15, -0.1) is 11.3 Å². The highest BCUT2D eigenvalue weighted by Gasteiger charge is 2.10. The van der Waals surface area contributed by atoms with Crippen LogP contribution in [0.4, 0.5) is 0 Å². The van der Waals surface area contributed by atoms with Crippen LogP contribution in [-0.4, -0.2) is 20.3 Å². The molecule has 0 aliphatic heterocycles. The Hall–Kier alpha value is -3.01. The molecule has 0 unspecified atom stereocenters. The van der Waals surface area contributed by atoms with Crippen molar-refractivity contribution in [3.05, 3.63) is 105 Å². The van der Waals surface area contributed by atoms with Crippen molar-refractivity contribution in [2.45, 2.75) is 16.7 Å². The summed E-state index contributed by atoms with van der Waals surface area (Å²) in [6.07, 6.45) is 1.65. The first-order valence-electron chi connectivity index (χ1n) is 9.97. The lowest BCUT2D eigenvalue weighted by atomic mass is 10.1. The first-order valence-corrected chi connectivity index (χ1v) is 12.6. The molecule has 0 bridgehead atoms. The third-order valence-corrected chi connectivity index (χ3v) is 7.57. The molecule has 5 aromatic rings. The molecule has 2 aromatic carbocycles. The van der Waals surface area contributed by atoms with Gasteiger partial charge in [-0.25, -0.2) is 14.8 Å². The lowest BCUT2D eigenvalue weighted by molar-refractivity contribution is 0.0467. The van der Waals surface area contributed by atoms with Crippen LogP contribution in [0.2, 0.25) is 0 Å². The predicted molar refractivity (Wildman–Crippen MR) is 134 cm³/mol. The van der Waals surface area contributed by atoms with Crippen LogP contribution in [0.15, 0.2) is 86.5 Å². The number of nitrogens with zero attached hydrogens (tertiary/aromatic N) is 3. The summed E-state index contributed by atoms with van der Waals surface area (Å²) in [5, 5.41) is 0. The van der Waals surface area contributed by atoms with Crippen molar-refractivity contribution in [3.8, 4) is 0 Å². The Bertz CT molecular complexity index is 1500. The van der Waals surface area contributed by atoms with Crippen molar-refractivity contribution in [1.82, 2.24) is 14.4 Å². The van der Waals surface area contributed by atoms with Crippen LogP contribution in [0, 0.1) is 0 Å². The summed E-state index contributed by atoms with van der Waals surface area (Å²) in [7, 11) is 0. The summed E-state index contributed by atoms with van der Waals surface area (Å²) < 4.78 is 9.78. The van der Waals surface area contributed by atoms with Crippen molar-refractivity contribution >= 4 is 60.9 Å². The maximum absolute atomic E-state index is 12.4. The van der Waals surface area contributed by atoms with Gasteiger partial charge in [-0.3, -0.25) is 9.20 Å². The number of halogens is 1. The lowest BCUT2D eigenvalue weighted by Gasteiger charge is -2.07. The van der Waals surface area contributed by atoms with Crippen LogP contribution < -0.4 is 5.56 Å². The number of thiazole rings is 1. The molecule has 0 aliphatic carbocycles. The molecule has 0 radical (unpaired) electrons. The van der Waals surface area contributed by atoms with Crippen LogP contribution in [-0.2, 0) is 17.1 Å². The van der Waals surface area contributed by atoms with Gasteiger partial charge in [0.15, 0.2) is 4.34 Å². The molecule has 6 nitrogen and oxygen atoms in total. The monoisotopic (exact) mass is 537 g/mol. The summed E-state index contributed by atoms with van der Waals surface area (Å²) >= 11 is 6.68. The van der Waals surface area contributed by atoms with E-state index in [1.165, 1.54) is 15.2 Å². The Kier molecular flexibility index (Phi) is 6.26. The van der Waals surface area contributed by atoms with Gasteiger partial charge in [0.1, 0.15) is 12.3 Å². The third-order valence-electron chi connectivity index (χ3n) is 4.85. The van der Waals surface area contributed by atoms with E-state index in [0.717, 1.165) is 25.6 Å². The Morgan fingerprint density at radius 1 is 1.06 bits per heavy atom. The van der Waals surface area contributed by atoms with E-state index in [1.807, 2.05) is 30.3 Å². The van der Waals surface area contributed by atoms with Gasteiger partial charge in [-0.2, -0.15) is 0 Å². The zero-order valence-corrected chi connectivity index (χ0v) is 20.3. The number of benzene rings is 2. The first kappa shape index (κ1) is 21.8. The number of aromatic nitrogens is 3. The second-order valence-corrected chi connectivity index (χ2v) is 10.3. The summed E-state index contributed by atoms with van der Waals surface area (Å²) in [5.41, 5.74) is 3.21. The molecular formula is C24H16BrN3O3S2. The van der Waals surface area contributed by atoms with Gasteiger partial charge < -0.3 is 4.74 Å². The van der Waals surface area contributed by atoms with E-state index in [9.17, 15) is 9.59 Å². The van der Waals surface area contributed by atoms with Crippen molar-refractivity contribution in [2.75, 3.05) is 0 Å². The first-order chi connectivity index (χ1) is 16.0. The molecule has 3 heterocycles. The molecule has 0 aliphatic rings. The van der Waals surface area contributed by atoms with Crippen molar-refractivity contribution < 1.29 is 9.53 Å². The maximum atomic E-state index is 12.4. The SMILES string of the molecule is O=C(OCc1cc(=O)n2cc(Br)ccc2n1)c1ccc(CSc2nc3ccccc3s2)cc1. The van der Waals surface area contributed by atoms with E-state index in [4.69, 9.17) is 4.74 Å². The number of pyridine rings is 1. The zero-order chi connectivity index (χ0) is 22.8. The largest absolute Gasteiger partial charge is 0.456 e. The summed E-state index contributed by atoms with van der Waals surface area (Å²) in [5.74, 6) is 0.300. The fraction of sp³-hybridized carbons (Fsp3) is 0.0833. The molecule has 0 saturated heterocycles. The van der Waals surface area contributed by atoms with Crippen LogP contribution in [0.5, 0.6) is 0 Å². The molecule has 3 aromatic heterocycles. The zero-order valence-electron chi connectivity index (χ0n) is 17.1. The summed E-state index contributed by atoms with van der Waals surface area (Å²) in [6, 6.07) is 20.3. The predicted octanol–water partition coefficient (Wildman–Crippen LogP) is 5.72. The summed E-state index contributed by atoms with van der Waals surface area (Å²) in [6.45, 7) is -0.0736. The van der Waals surface area contributed by atoms with Gasteiger partial charge in [-0.05, 0) is 57.9 Å². The molecule has 0 spiro atoms. The van der Waals surface area contributed by atoms with Crippen molar-refractivity contribution in [2.24, 2.45) is 0 Å². The fourth-order valence-corrected chi connectivity index (χ4v) is 5.58. The van der Waals surface area contributed by atoms with Crippen LogP contribution >= 0.6 is 39.0 Å². The number of carbonyl (C=O) groups excluding carboxylic acids is 1. The minimum atomic E-state index is -0.460. The van der Waals surface area contributed by atoms with Gasteiger partial charge in [0.05, 0.1) is 21.5 Å². The standard InChI is InChI=1S/C24H16BrN3O3S2/c25-17-9-10-21-26-18(11-22(29)28(21)12-17)13-31-23(30)16-7-5-15(6-8-16)14-32-24-27-19-3-1-2-4-20(19)33-24/h1-12H,13-14H2. The normalized spacial score (nSPS) is 11.2. The molecule has 5 rings (SSSR count). The number of fused-ring (bicyclic) bond motifs is 2. The summed E-state index contributed by atoms with van der Waals surface area (Å²) in [4.78, 5) is 33.7. The molecule has 0 saturated carbocycles. The molecule has 0 amide bonds. The minimum Gasteiger partial charge on any atom is -0.456 e. The average molecular weight is 538 g/mol. The van der Waals surface area contributed by atoms with Gasteiger partial charge in [-0.1, -0.05) is 36.0 Å². The Morgan fingerprint density at radius 3 is 2.70 bits per heavy atom. The van der Waals surface area contributed by atoms with E-state index in [0.29, 0.717) is 16.9 Å². The number of thioether (sulfide) groups is 1. The lowest BCUT2D eigenvalue weighted by Crippen LogP contribution is -2.16. The van der Waals surface area contributed by atoms with E-state index in [-0.39, 0.29) is 12.2 Å². The third kappa shape index (κ3) is 5.00. The van der Waals surface area contributed by atoms with E-state index >= 15 is 0 Å². The molecular weight excluding hydrogens is 522 g/mol. The Morgan fingerprint density at radius 2 is 1.88 bits per heavy atom. The smallest absolute Gasteiger partial charge is 0.338 e. The highest BCUT2D eigenvalue weighted by Crippen LogP contribution is 2.31. The maximum Gasteiger partial charge on any atom is 0.338 e. The Labute approximate surface area is 205 Å². The van der Waals surface area contributed by atoms with Crippen LogP contribution in [0.1, 0.15) is 21.6 Å². The quantitative estimate of drug-likeness (QED) is 0.204. The Balaban J connectivity index is 1.20. The van der Waals surface area contributed by atoms with E-state index in [1.54, 1.807) is 53.6 Å². The number of esters is 1. The molecule has 0 N–H and O–H groups in total. The van der Waals surface area contributed by atoms with Crippen LogP contribution in [0.25, 0.3) is 15.9 Å².